The fraction of sp³-hybridized carbons (Fsp3) is 0.303. The largest absolute Gasteiger partial charge is 0.497 e. The lowest BCUT2D eigenvalue weighted by atomic mass is 9.98. The number of carbonyl (C=O) groups excluding carboxylic acids is 2. The van der Waals surface area contributed by atoms with Crippen LogP contribution in [0.4, 0.5) is 9.59 Å². The van der Waals surface area contributed by atoms with Gasteiger partial charge in [0.2, 0.25) is 0 Å². The number of nitrogens with one attached hydrogen (secondary N) is 1. The SMILES string of the molecule is COc1ccc2c(c1)c(C[C@H](NC(=O)OCC1c3ccccc3-c3ccccc31)C(=O)O)c(C)n2C(=O)OC(C)(C)C. The predicted octanol–water partition coefficient (Wildman–Crippen LogP) is 6.28. The Hall–Kier alpha value is -4.79. The molecule has 42 heavy (non-hydrogen) atoms. The number of aliphatic carboxylic acids is 1. The lowest BCUT2D eigenvalue weighted by Gasteiger charge is -2.20. The average molecular weight is 571 g/mol. The average Bonchev–Trinajstić information content (AvgIpc) is 3.41. The Morgan fingerprint density at radius 3 is 2.17 bits per heavy atom. The van der Waals surface area contributed by atoms with Gasteiger partial charge in [0.25, 0.3) is 0 Å². The minimum atomic E-state index is -1.32. The second-order valence-corrected chi connectivity index (χ2v) is 11.3. The highest BCUT2D eigenvalue weighted by atomic mass is 16.6. The van der Waals surface area contributed by atoms with Gasteiger partial charge in [-0.2, -0.15) is 0 Å². The van der Waals surface area contributed by atoms with Gasteiger partial charge in [0.1, 0.15) is 24.0 Å². The van der Waals surface area contributed by atoms with Crippen LogP contribution >= 0.6 is 0 Å². The molecule has 1 amide bonds. The highest BCUT2D eigenvalue weighted by molar-refractivity contribution is 5.95. The van der Waals surface area contributed by atoms with Crippen molar-refractivity contribution in [3.63, 3.8) is 0 Å². The molecular formula is C33H34N2O7. The van der Waals surface area contributed by atoms with Gasteiger partial charge < -0.3 is 24.6 Å². The third-order valence-corrected chi connectivity index (χ3v) is 7.46. The smallest absolute Gasteiger partial charge is 0.419 e. The van der Waals surface area contributed by atoms with Gasteiger partial charge in [-0.05, 0) is 73.7 Å². The number of amides is 1. The topological polar surface area (TPSA) is 116 Å². The number of methoxy groups -OCH3 is 1. The maximum Gasteiger partial charge on any atom is 0.419 e. The van der Waals surface area contributed by atoms with Crippen LogP contribution in [0.1, 0.15) is 49.1 Å². The Morgan fingerprint density at radius 1 is 0.976 bits per heavy atom. The van der Waals surface area contributed by atoms with Gasteiger partial charge in [-0.3, -0.25) is 0 Å². The molecule has 0 saturated heterocycles. The van der Waals surface area contributed by atoms with Crippen molar-refractivity contribution in [1.82, 2.24) is 9.88 Å². The first-order chi connectivity index (χ1) is 20.0. The van der Waals surface area contributed by atoms with Crippen molar-refractivity contribution in [2.24, 2.45) is 0 Å². The number of carboxylic acids is 1. The van der Waals surface area contributed by atoms with E-state index in [4.69, 9.17) is 14.2 Å². The molecule has 9 heteroatoms. The summed E-state index contributed by atoms with van der Waals surface area (Å²) in [4.78, 5) is 38.4. The molecule has 0 saturated carbocycles. The van der Waals surface area contributed by atoms with Crippen LogP contribution in [0, 0.1) is 6.92 Å². The monoisotopic (exact) mass is 570 g/mol. The fourth-order valence-electron chi connectivity index (χ4n) is 5.58. The van der Waals surface area contributed by atoms with Crippen molar-refractivity contribution in [2.75, 3.05) is 13.7 Å². The molecule has 0 fully saturated rings. The third kappa shape index (κ3) is 5.54. The summed E-state index contributed by atoms with van der Waals surface area (Å²) in [5, 5.41) is 13.2. The fourth-order valence-corrected chi connectivity index (χ4v) is 5.58. The summed E-state index contributed by atoms with van der Waals surface area (Å²) in [5.74, 6) is -0.849. The summed E-state index contributed by atoms with van der Waals surface area (Å²) in [6.45, 7) is 7.09. The van der Waals surface area contributed by atoms with Crippen LogP contribution in [0.15, 0.2) is 66.7 Å². The highest BCUT2D eigenvalue weighted by Gasteiger charge is 2.31. The lowest BCUT2D eigenvalue weighted by Crippen LogP contribution is -2.43. The maximum atomic E-state index is 13.2. The van der Waals surface area contributed by atoms with Crippen molar-refractivity contribution in [2.45, 2.75) is 51.7 Å². The molecule has 5 rings (SSSR count). The van der Waals surface area contributed by atoms with Crippen LogP contribution in [-0.2, 0) is 20.7 Å². The number of aromatic nitrogens is 1. The van der Waals surface area contributed by atoms with Crippen molar-refractivity contribution in [3.8, 4) is 16.9 Å². The number of fused-ring (bicyclic) bond motifs is 4. The molecule has 0 unspecified atom stereocenters. The molecule has 1 aliphatic rings. The van der Waals surface area contributed by atoms with Gasteiger partial charge in [0, 0.05) is 23.4 Å². The van der Waals surface area contributed by atoms with Crippen molar-refractivity contribution >= 4 is 29.1 Å². The number of rotatable bonds is 7. The molecule has 0 radical (unpaired) electrons. The maximum absolute atomic E-state index is 13.2. The summed E-state index contributed by atoms with van der Waals surface area (Å²) in [6, 6.07) is 19.8. The Balaban J connectivity index is 1.38. The molecule has 0 bridgehead atoms. The van der Waals surface area contributed by atoms with Gasteiger partial charge in [-0.15, -0.1) is 0 Å². The van der Waals surface area contributed by atoms with Gasteiger partial charge in [-0.1, -0.05) is 48.5 Å². The van der Waals surface area contributed by atoms with Crippen LogP contribution < -0.4 is 10.1 Å². The molecule has 0 aliphatic heterocycles. The molecule has 218 valence electrons. The second kappa shape index (κ2) is 11.2. The van der Waals surface area contributed by atoms with E-state index in [1.54, 1.807) is 45.9 Å². The number of ether oxygens (including phenoxy) is 3. The van der Waals surface area contributed by atoms with Gasteiger partial charge >= 0.3 is 18.2 Å². The Morgan fingerprint density at radius 2 is 1.60 bits per heavy atom. The van der Waals surface area contributed by atoms with Crippen LogP contribution in [-0.4, -0.2) is 53.2 Å². The minimum Gasteiger partial charge on any atom is -0.497 e. The first-order valence-electron chi connectivity index (χ1n) is 13.7. The van der Waals surface area contributed by atoms with E-state index in [1.807, 2.05) is 48.5 Å². The first-order valence-corrected chi connectivity index (χ1v) is 13.7. The first kappa shape index (κ1) is 28.7. The molecule has 3 aromatic carbocycles. The standard InChI is InChI=1S/C33H34N2O7/c1-19-25(26-16-20(40-5)14-15-29(26)35(19)32(39)42-33(2,3)4)17-28(30(36)37)34-31(38)41-18-27-23-12-8-6-10-21(23)22-11-7-9-13-24(22)27/h6-16,27-28H,17-18H2,1-5H3,(H,34,38)(H,36,37)/t28-/m0/s1. The number of hydrogen-bond donors (Lipinski definition) is 2. The number of nitrogens with zero attached hydrogens (tertiary/aromatic N) is 1. The second-order valence-electron chi connectivity index (χ2n) is 11.3. The Labute approximate surface area is 244 Å². The van der Waals surface area contributed by atoms with E-state index in [1.165, 1.54) is 11.7 Å². The molecular weight excluding hydrogens is 536 g/mol. The zero-order valence-corrected chi connectivity index (χ0v) is 24.3. The van der Waals surface area contributed by atoms with E-state index < -0.39 is 29.8 Å². The number of hydrogen-bond acceptors (Lipinski definition) is 6. The summed E-state index contributed by atoms with van der Waals surface area (Å²) in [5.41, 5.74) is 5.19. The van der Waals surface area contributed by atoms with Crippen LogP contribution in [0.5, 0.6) is 5.75 Å². The molecule has 4 aromatic rings. The minimum absolute atomic E-state index is 0.0559. The zero-order valence-electron chi connectivity index (χ0n) is 24.3. The van der Waals surface area contributed by atoms with Crippen molar-refractivity contribution in [3.05, 3.63) is 89.1 Å². The van der Waals surface area contributed by atoms with Gasteiger partial charge in [0.15, 0.2) is 0 Å². The molecule has 1 atom stereocenters. The summed E-state index contributed by atoms with van der Waals surface area (Å²) >= 11 is 0. The van der Waals surface area contributed by atoms with Crippen LogP contribution in [0.3, 0.4) is 0 Å². The number of alkyl carbamates (subject to hydrolysis) is 1. The third-order valence-electron chi connectivity index (χ3n) is 7.46. The highest BCUT2D eigenvalue weighted by Crippen LogP contribution is 2.44. The predicted molar refractivity (Wildman–Crippen MR) is 158 cm³/mol. The summed E-state index contributed by atoms with van der Waals surface area (Å²) < 4.78 is 18.0. The van der Waals surface area contributed by atoms with Crippen molar-refractivity contribution in [1.29, 1.82) is 0 Å². The van der Waals surface area contributed by atoms with Crippen LogP contribution in [0.25, 0.3) is 22.0 Å². The van der Waals surface area contributed by atoms with E-state index in [9.17, 15) is 19.5 Å². The van der Waals surface area contributed by atoms with E-state index >= 15 is 0 Å². The van der Waals surface area contributed by atoms with Crippen molar-refractivity contribution < 1.29 is 33.7 Å². The normalized spacial score (nSPS) is 13.3. The molecule has 1 heterocycles. The van der Waals surface area contributed by atoms with Crippen LogP contribution in [0.2, 0.25) is 0 Å². The molecule has 0 spiro atoms. The quantitative estimate of drug-likeness (QED) is 0.269. The number of carboxylic acid groups (broad SMARTS) is 1. The van der Waals surface area contributed by atoms with Gasteiger partial charge in [-0.25, -0.2) is 19.0 Å². The Bertz CT molecular complexity index is 1640. The molecule has 1 aliphatic carbocycles. The van der Waals surface area contributed by atoms with E-state index in [-0.39, 0.29) is 18.9 Å². The lowest BCUT2D eigenvalue weighted by molar-refractivity contribution is -0.139. The molecule has 2 N–H and O–H groups in total. The van der Waals surface area contributed by atoms with E-state index in [2.05, 4.69) is 5.32 Å². The van der Waals surface area contributed by atoms with E-state index in [0.29, 0.717) is 27.9 Å². The number of benzene rings is 3. The van der Waals surface area contributed by atoms with Gasteiger partial charge in [0.05, 0.1) is 12.6 Å². The summed E-state index contributed by atoms with van der Waals surface area (Å²) in [6.07, 6.45) is -1.52. The molecule has 9 nitrogen and oxygen atoms in total. The summed E-state index contributed by atoms with van der Waals surface area (Å²) in [7, 11) is 1.53. The van der Waals surface area contributed by atoms with E-state index in [0.717, 1.165) is 22.3 Å². The number of carbonyl (C=O) groups is 3. The molecule has 1 aromatic heterocycles. The Kier molecular flexibility index (Phi) is 7.69. The zero-order chi connectivity index (χ0) is 30.2.